The highest BCUT2D eigenvalue weighted by Gasteiger charge is 2.21. The summed E-state index contributed by atoms with van der Waals surface area (Å²) in [7, 11) is -4.25. The van der Waals surface area contributed by atoms with E-state index in [9.17, 15) is 13.0 Å². The first-order chi connectivity index (χ1) is 22.4. The van der Waals surface area contributed by atoms with Gasteiger partial charge in [0.1, 0.15) is 4.90 Å². The lowest BCUT2D eigenvalue weighted by Crippen LogP contribution is -2.10. The number of unbranched alkanes of at least 4 members (excludes halogenated alkanes) is 27. The number of hydrogen-bond donors (Lipinski definition) is 1. The Morgan fingerprint density at radius 2 is 0.630 bits per heavy atom. The second-order valence-corrected chi connectivity index (χ2v) is 15.9. The van der Waals surface area contributed by atoms with Crippen LogP contribution < -0.4 is 0 Å². The Kier molecular flexibility index (Phi) is 28.3. The number of aryl methyl sites for hydroxylation is 3. The molecule has 4 heteroatoms. The Labute approximate surface area is 288 Å². The summed E-state index contributed by atoms with van der Waals surface area (Å²) in [6.45, 7) is 6.81. The van der Waals surface area contributed by atoms with E-state index in [-0.39, 0.29) is 4.90 Å². The van der Waals surface area contributed by atoms with Crippen molar-refractivity contribution in [2.45, 2.75) is 238 Å². The molecule has 0 atom stereocenters. The molecular weight excluding hydrogens is 585 g/mol. The van der Waals surface area contributed by atoms with Crippen LogP contribution in [0.15, 0.2) is 17.0 Å². The molecular formula is C42H78O3S. The van der Waals surface area contributed by atoms with E-state index in [2.05, 4.69) is 32.9 Å². The maximum absolute atomic E-state index is 12.7. The maximum Gasteiger partial charge on any atom is 0.295 e. The van der Waals surface area contributed by atoms with E-state index in [4.69, 9.17) is 0 Å². The molecule has 0 aliphatic heterocycles. The smallest absolute Gasteiger partial charge is 0.282 e. The summed E-state index contributed by atoms with van der Waals surface area (Å²) in [6, 6.07) is 4.26. The van der Waals surface area contributed by atoms with Gasteiger partial charge in [-0.05, 0) is 55.2 Å². The molecule has 1 aromatic rings. The fourth-order valence-corrected chi connectivity index (χ4v) is 8.08. The Balaban J connectivity index is 2.70. The van der Waals surface area contributed by atoms with Gasteiger partial charge in [0.25, 0.3) is 10.1 Å². The first kappa shape index (κ1) is 43.2. The average molecular weight is 663 g/mol. The normalized spacial score (nSPS) is 11.9. The monoisotopic (exact) mass is 663 g/mol. The molecule has 0 heterocycles. The Hall–Kier alpha value is -0.870. The van der Waals surface area contributed by atoms with Crippen molar-refractivity contribution in [2.75, 3.05) is 0 Å². The zero-order valence-corrected chi connectivity index (χ0v) is 32.0. The van der Waals surface area contributed by atoms with Crippen molar-refractivity contribution in [3.63, 3.8) is 0 Å². The fraction of sp³-hybridized carbons (Fsp3) is 0.857. The summed E-state index contributed by atoms with van der Waals surface area (Å²) in [5, 5.41) is 0. The van der Waals surface area contributed by atoms with Crippen LogP contribution in [0.4, 0.5) is 0 Å². The number of hydrogen-bond acceptors (Lipinski definition) is 2. The van der Waals surface area contributed by atoms with E-state index in [1.807, 2.05) is 0 Å². The molecule has 0 saturated carbocycles. The van der Waals surface area contributed by atoms with Crippen molar-refractivity contribution in [3.05, 3.63) is 28.8 Å². The van der Waals surface area contributed by atoms with Crippen molar-refractivity contribution < 1.29 is 13.0 Å². The Bertz CT molecular complexity index is 878. The van der Waals surface area contributed by atoms with Gasteiger partial charge in [0.2, 0.25) is 0 Å². The number of benzene rings is 1. The lowest BCUT2D eigenvalue weighted by atomic mass is 9.94. The van der Waals surface area contributed by atoms with Crippen LogP contribution in [0, 0.1) is 0 Å². The summed E-state index contributed by atoms with van der Waals surface area (Å²) >= 11 is 0. The average Bonchev–Trinajstić information content (AvgIpc) is 3.03. The molecule has 0 bridgehead atoms. The standard InChI is InChI=1S/C42H78O3S/c1-4-7-10-13-16-19-22-25-28-31-34-39-37-40(35-32-29-26-23-20-17-14-11-8-5-2)42(46(43,44)45)41(38-39)36-33-30-27-24-21-18-15-12-9-6-3/h37-38H,4-36H2,1-3H3,(H,43,44,45). The summed E-state index contributed by atoms with van der Waals surface area (Å²) in [6.07, 6.45) is 41.1. The fourth-order valence-electron chi connectivity index (χ4n) is 7.10. The van der Waals surface area contributed by atoms with E-state index in [1.54, 1.807) is 0 Å². The summed E-state index contributed by atoms with van der Waals surface area (Å²) in [4.78, 5) is 0.242. The van der Waals surface area contributed by atoms with Crippen LogP contribution in [0.1, 0.15) is 230 Å². The number of rotatable bonds is 34. The minimum atomic E-state index is -4.25. The van der Waals surface area contributed by atoms with E-state index in [0.29, 0.717) is 0 Å². The highest BCUT2D eigenvalue weighted by atomic mass is 32.2. The highest BCUT2D eigenvalue weighted by Crippen LogP contribution is 2.28. The van der Waals surface area contributed by atoms with Crippen LogP contribution in [0.3, 0.4) is 0 Å². The molecule has 0 aliphatic carbocycles. The second-order valence-electron chi connectivity index (χ2n) is 14.5. The molecule has 46 heavy (non-hydrogen) atoms. The van der Waals surface area contributed by atoms with Gasteiger partial charge in [0.15, 0.2) is 0 Å². The molecule has 1 rings (SSSR count). The molecule has 0 aromatic heterocycles. The summed E-state index contributed by atoms with van der Waals surface area (Å²) in [5.41, 5.74) is 3.01. The van der Waals surface area contributed by atoms with E-state index >= 15 is 0 Å². The van der Waals surface area contributed by atoms with Gasteiger partial charge >= 0.3 is 0 Å². The molecule has 0 fully saturated rings. The topological polar surface area (TPSA) is 54.4 Å². The van der Waals surface area contributed by atoms with Gasteiger partial charge in [0, 0.05) is 0 Å². The molecule has 0 amide bonds. The third kappa shape index (κ3) is 23.5. The Morgan fingerprint density at radius 1 is 0.391 bits per heavy atom. The minimum absolute atomic E-state index is 0.242. The largest absolute Gasteiger partial charge is 0.295 e. The van der Waals surface area contributed by atoms with Crippen LogP contribution in [0.5, 0.6) is 0 Å². The zero-order chi connectivity index (χ0) is 33.6. The third-order valence-corrected chi connectivity index (χ3v) is 11.0. The van der Waals surface area contributed by atoms with Crippen molar-refractivity contribution in [1.29, 1.82) is 0 Å². The van der Waals surface area contributed by atoms with Gasteiger partial charge in [0.05, 0.1) is 0 Å². The predicted molar refractivity (Wildman–Crippen MR) is 203 cm³/mol. The molecule has 0 unspecified atom stereocenters. The van der Waals surface area contributed by atoms with Gasteiger partial charge in [-0.15, -0.1) is 0 Å². The molecule has 1 aromatic carbocycles. The van der Waals surface area contributed by atoms with Gasteiger partial charge in [-0.2, -0.15) is 8.42 Å². The molecule has 0 spiro atoms. The van der Waals surface area contributed by atoms with Crippen LogP contribution >= 0.6 is 0 Å². The van der Waals surface area contributed by atoms with Crippen molar-refractivity contribution in [3.8, 4) is 0 Å². The maximum atomic E-state index is 12.7. The van der Waals surface area contributed by atoms with Gasteiger partial charge in [-0.25, -0.2) is 0 Å². The molecule has 3 nitrogen and oxygen atoms in total. The Morgan fingerprint density at radius 3 is 0.891 bits per heavy atom. The molecule has 1 N–H and O–H groups in total. The van der Waals surface area contributed by atoms with Crippen LogP contribution in [0.2, 0.25) is 0 Å². The first-order valence-electron chi connectivity index (χ1n) is 20.6. The van der Waals surface area contributed by atoms with Crippen LogP contribution in [-0.2, 0) is 29.4 Å². The van der Waals surface area contributed by atoms with Crippen molar-refractivity contribution in [1.82, 2.24) is 0 Å². The van der Waals surface area contributed by atoms with Gasteiger partial charge in [-0.3, -0.25) is 4.55 Å². The SMILES string of the molecule is CCCCCCCCCCCCc1cc(CCCCCCCCCCCC)c(S(=O)(=O)O)c(CCCCCCCCCCCC)c1. The lowest BCUT2D eigenvalue weighted by molar-refractivity contribution is 0.479. The van der Waals surface area contributed by atoms with Crippen LogP contribution in [0.25, 0.3) is 0 Å². The predicted octanol–water partition coefficient (Wildman–Crippen LogP) is 14.3. The second kappa shape index (κ2) is 30.2. The van der Waals surface area contributed by atoms with Crippen LogP contribution in [-0.4, -0.2) is 13.0 Å². The van der Waals surface area contributed by atoms with Gasteiger partial charge in [-0.1, -0.05) is 206 Å². The lowest BCUT2D eigenvalue weighted by Gasteiger charge is -2.16. The molecule has 270 valence electrons. The zero-order valence-electron chi connectivity index (χ0n) is 31.2. The van der Waals surface area contributed by atoms with E-state index < -0.39 is 10.1 Å². The molecule has 0 aliphatic rings. The summed E-state index contributed by atoms with van der Waals surface area (Å²) < 4.78 is 35.9. The quantitative estimate of drug-likeness (QED) is 0.0590. The summed E-state index contributed by atoms with van der Waals surface area (Å²) in [5.74, 6) is 0. The molecule has 0 saturated heterocycles. The van der Waals surface area contributed by atoms with Gasteiger partial charge < -0.3 is 0 Å². The highest BCUT2D eigenvalue weighted by molar-refractivity contribution is 7.86. The van der Waals surface area contributed by atoms with Crippen molar-refractivity contribution in [2.24, 2.45) is 0 Å². The van der Waals surface area contributed by atoms with E-state index in [1.165, 1.54) is 166 Å². The van der Waals surface area contributed by atoms with Crippen molar-refractivity contribution >= 4 is 10.1 Å². The molecule has 0 radical (unpaired) electrons. The third-order valence-electron chi connectivity index (χ3n) is 9.98. The first-order valence-corrected chi connectivity index (χ1v) is 22.0. The minimum Gasteiger partial charge on any atom is -0.282 e. The van der Waals surface area contributed by atoms with E-state index in [0.717, 1.165) is 62.5 Å².